The first kappa shape index (κ1) is 12.2. The van der Waals surface area contributed by atoms with Crippen LogP contribution in [0.2, 0.25) is 0 Å². The quantitative estimate of drug-likeness (QED) is 0.669. The molecular weight excluding hydrogens is 188 g/mol. The van der Waals surface area contributed by atoms with Gasteiger partial charge < -0.3 is 9.47 Å². The Bertz CT molecular complexity index is 295. The summed E-state index contributed by atoms with van der Waals surface area (Å²) in [7, 11) is 0. The maximum Gasteiger partial charge on any atom is 0.0720 e. The van der Waals surface area contributed by atoms with E-state index in [-0.39, 0.29) is 0 Å². The second kappa shape index (κ2) is 6.59. The summed E-state index contributed by atoms with van der Waals surface area (Å²) in [6.45, 7) is 9.00. The predicted octanol–water partition coefficient (Wildman–Crippen LogP) is 2.86. The van der Waals surface area contributed by atoms with Gasteiger partial charge in [-0.25, -0.2) is 0 Å². The normalized spacial score (nSPS) is 10.6. The van der Waals surface area contributed by atoms with Gasteiger partial charge in [0, 0.05) is 6.61 Å². The van der Waals surface area contributed by atoms with Crippen molar-refractivity contribution in [2.45, 2.75) is 27.4 Å². The molecule has 0 aromatic heterocycles. The third kappa shape index (κ3) is 4.45. The van der Waals surface area contributed by atoms with E-state index in [1.807, 2.05) is 6.92 Å². The molecule has 0 heterocycles. The van der Waals surface area contributed by atoms with Crippen LogP contribution in [-0.4, -0.2) is 19.8 Å². The lowest BCUT2D eigenvalue weighted by Gasteiger charge is -2.08. The van der Waals surface area contributed by atoms with E-state index in [2.05, 4.69) is 32.0 Å². The van der Waals surface area contributed by atoms with Gasteiger partial charge in [-0.2, -0.15) is 0 Å². The zero-order valence-corrected chi connectivity index (χ0v) is 9.88. The summed E-state index contributed by atoms with van der Waals surface area (Å²) in [4.78, 5) is 0. The third-order valence-electron chi connectivity index (χ3n) is 2.33. The van der Waals surface area contributed by atoms with Crippen LogP contribution in [0.3, 0.4) is 0 Å². The Morgan fingerprint density at radius 3 is 2.47 bits per heavy atom. The van der Waals surface area contributed by atoms with Crippen molar-refractivity contribution in [1.82, 2.24) is 0 Å². The Balaban J connectivity index is 2.31. The van der Waals surface area contributed by atoms with Crippen molar-refractivity contribution in [1.29, 1.82) is 0 Å². The molecule has 0 aliphatic rings. The van der Waals surface area contributed by atoms with E-state index in [0.29, 0.717) is 19.8 Å². The highest BCUT2D eigenvalue weighted by molar-refractivity contribution is 5.29. The third-order valence-corrected chi connectivity index (χ3v) is 2.33. The van der Waals surface area contributed by atoms with Crippen LogP contribution in [-0.2, 0) is 16.1 Å². The standard InChI is InChI=1S/C13H20O2/c1-4-14-7-8-15-10-13-6-5-11(2)9-12(13)3/h5-6,9H,4,7-8,10H2,1-3H3. The predicted molar refractivity (Wildman–Crippen MR) is 62.1 cm³/mol. The van der Waals surface area contributed by atoms with E-state index in [4.69, 9.17) is 9.47 Å². The lowest BCUT2D eigenvalue weighted by Crippen LogP contribution is -2.04. The van der Waals surface area contributed by atoms with E-state index in [0.717, 1.165) is 6.61 Å². The van der Waals surface area contributed by atoms with Crippen molar-refractivity contribution in [3.8, 4) is 0 Å². The largest absolute Gasteiger partial charge is 0.379 e. The van der Waals surface area contributed by atoms with Crippen molar-refractivity contribution < 1.29 is 9.47 Å². The van der Waals surface area contributed by atoms with Crippen LogP contribution in [0.4, 0.5) is 0 Å². The topological polar surface area (TPSA) is 18.5 Å². The Hall–Kier alpha value is -0.860. The number of benzene rings is 1. The summed E-state index contributed by atoms with van der Waals surface area (Å²) < 4.78 is 10.7. The molecule has 0 bridgehead atoms. The molecule has 1 aromatic rings. The number of hydrogen-bond acceptors (Lipinski definition) is 2. The van der Waals surface area contributed by atoms with Crippen LogP contribution in [0, 0.1) is 13.8 Å². The van der Waals surface area contributed by atoms with Crippen molar-refractivity contribution >= 4 is 0 Å². The minimum atomic E-state index is 0.668. The first-order valence-corrected chi connectivity index (χ1v) is 5.45. The van der Waals surface area contributed by atoms with E-state index in [9.17, 15) is 0 Å². The summed E-state index contributed by atoms with van der Waals surface area (Å²) in [5.74, 6) is 0. The Morgan fingerprint density at radius 1 is 1.07 bits per heavy atom. The molecule has 0 saturated heterocycles. The molecule has 0 atom stereocenters. The average molecular weight is 208 g/mol. The maximum atomic E-state index is 5.52. The highest BCUT2D eigenvalue weighted by atomic mass is 16.5. The second-order valence-corrected chi connectivity index (χ2v) is 3.68. The molecule has 0 amide bonds. The molecule has 1 rings (SSSR count). The Morgan fingerprint density at radius 2 is 1.80 bits per heavy atom. The molecule has 1 aromatic carbocycles. The van der Waals surface area contributed by atoms with E-state index < -0.39 is 0 Å². The molecule has 15 heavy (non-hydrogen) atoms. The van der Waals surface area contributed by atoms with Gasteiger partial charge in [0.15, 0.2) is 0 Å². The van der Waals surface area contributed by atoms with Crippen molar-refractivity contribution in [2.75, 3.05) is 19.8 Å². The average Bonchev–Trinajstić information content (AvgIpc) is 2.20. The fourth-order valence-corrected chi connectivity index (χ4v) is 1.45. The molecule has 0 aliphatic heterocycles. The van der Waals surface area contributed by atoms with Crippen molar-refractivity contribution in [2.24, 2.45) is 0 Å². The maximum absolute atomic E-state index is 5.52. The summed E-state index contributed by atoms with van der Waals surface area (Å²) in [6, 6.07) is 6.43. The van der Waals surface area contributed by atoms with Crippen LogP contribution in [0.15, 0.2) is 18.2 Å². The number of aryl methyl sites for hydroxylation is 2. The molecular formula is C13H20O2. The summed E-state index contributed by atoms with van der Waals surface area (Å²) in [5.41, 5.74) is 3.86. The van der Waals surface area contributed by atoms with Gasteiger partial charge in [-0.05, 0) is 31.9 Å². The van der Waals surface area contributed by atoms with Crippen LogP contribution in [0.1, 0.15) is 23.6 Å². The SMILES string of the molecule is CCOCCOCc1ccc(C)cc1C. The first-order valence-electron chi connectivity index (χ1n) is 5.45. The highest BCUT2D eigenvalue weighted by Gasteiger charge is 1.98. The van der Waals surface area contributed by atoms with E-state index in [1.165, 1.54) is 16.7 Å². The van der Waals surface area contributed by atoms with Crippen molar-refractivity contribution in [3.63, 3.8) is 0 Å². The Kier molecular flexibility index (Phi) is 5.37. The van der Waals surface area contributed by atoms with E-state index in [1.54, 1.807) is 0 Å². The second-order valence-electron chi connectivity index (χ2n) is 3.68. The summed E-state index contributed by atoms with van der Waals surface area (Å²) in [6.07, 6.45) is 0. The lowest BCUT2D eigenvalue weighted by atomic mass is 10.1. The molecule has 2 heteroatoms. The zero-order chi connectivity index (χ0) is 11.1. The van der Waals surface area contributed by atoms with Gasteiger partial charge in [0.1, 0.15) is 0 Å². The smallest absolute Gasteiger partial charge is 0.0720 e. The summed E-state index contributed by atoms with van der Waals surface area (Å²) >= 11 is 0. The van der Waals surface area contributed by atoms with Gasteiger partial charge in [-0.3, -0.25) is 0 Å². The molecule has 0 fully saturated rings. The number of hydrogen-bond donors (Lipinski definition) is 0. The van der Waals surface area contributed by atoms with Gasteiger partial charge in [0.25, 0.3) is 0 Å². The highest BCUT2D eigenvalue weighted by Crippen LogP contribution is 2.11. The molecule has 84 valence electrons. The Labute approximate surface area is 92.2 Å². The van der Waals surface area contributed by atoms with Gasteiger partial charge in [0.2, 0.25) is 0 Å². The summed E-state index contributed by atoms with van der Waals surface area (Å²) in [5, 5.41) is 0. The minimum Gasteiger partial charge on any atom is -0.379 e. The molecule has 0 radical (unpaired) electrons. The lowest BCUT2D eigenvalue weighted by molar-refractivity contribution is 0.0451. The van der Waals surface area contributed by atoms with Gasteiger partial charge in [0.05, 0.1) is 19.8 Å². The van der Waals surface area contributed by atoms with Crippen LogP contribution in [0.5, 0.6) is 0 Å². The minimum absolute atomic E-state index is 0.668. The number of rotatable bonds is 6. The van der Waals surface area contributed by atoms with Gasteiger partial charge in [-0.15, -0.1) is 0 Å². The fourth-order valence-electron chi connectivity index (χ4n) is 1.45. The molecule has 2 nitrogen and oxygen atoms in total. The van der Waals surface area contributed by atoms with Crippen LogP contribution in [0.25, 0.3) is 0 Å². The molecule has 0 saturated carbocycles. The monoisotopic (exact) mass is 208 g/mol. The molecule has 0 spiro atoms. The first-order chi connectivity index (χ1) is 7.24. The van der Waals surface area contributed by atoms with E-state index >= 15 is 0 Å². The molecule has 0 N–H and O–H groups in total. The van der Waals surface area contributed by atoms with Gasteiger partial charge >= 0.3 is 0 Å². The van der Waals surface area contributed by atoms with Crippen molar-refractivity contribution in [3.05, 3.63) is 34.9 Å². The fraction of sp³-hybridized carbons (Fsp3) is 0.538. The zero-order valence-electron chi connectivity index (χ0n) is 9.88. The van der Waals surface area contributed by atoms with Gasteiger partial charge in [-0.1, -0.05) is 23.8 Å². The molecule has 0 aliphatic carbocycles. The van der Waals surface area contributed by atoms with Crippen LogP contribution < -0.4 is 0 Å². The number of ether oxygens (including phenoxy) is 2. The van der Waals surface area contributed by atoms with Crippen LogP contribution >= 0.6 is 0 Å². The molecule has 0 unspecified atom stereocenters.